The van der Waals surface area contributed by atoms with Crippen molar-refractivity contribution in [3.8, 4) is 11.5 Å². The van der Waals surface area contributed by atoms with Crippen molar-refractivity contribution in [2.75, 3.05) is 20.2 Å². The van der Waals surface area contributed by atoms with E-state index in [1.54, 1.807) is 7.11 Å². The highest BCUT2D eigenvalue weighted by Crippen LogP contribution is 2.39. The van der Waals surface area contributed by atoms with E-state index in [4.69, 9.17) is 9.47 Å². The van der Waals surface area contributed by atoms with Gasteiger partial charge in [-0.3, -0.25) is 0 Å². The largest absolute Gasteiger partial charge is 0.497 e. The van der Waals surface area contributed by atoms with Crippen molar-refractivity contribution in [3.63, 3.8) is 0 Å². The summed E-state index contributed by atoms with van der Waals surface area (Å²) >= 11 is 0. The van der Waals surface area contributed by atoms with E-state index in [1.807, 2.05) is 24.3 Å². The molecule has 0 radical (unpaired) electrons. The monoisotopic (exact) mass is 263 g/mol. The van der Waals surface area contributed by atoms with Gasteiger partial charge in [-0.15, -0.1) is 0 Å². The van der Waals surface area contributed by atoms with E-state index in [0.717, 1.165) is 31.0 Å². The average Bonchev–Trinajstić information content (AvgIpc) is 2.41. The fourth-order valence-corrected chi connectivity index (χ4v) is 2.49. The van der Waals surface area contributed by atoms with Gasteiger partial charge in [-0.25, -0.2) is 0 Å². The van der Waals surface area contributed by atoms with E-state index in [1.165, 1.54) is 25.7 Å². The molecule has 0 aromatic heterocycles. The molecule has 0 spiro atoms. The molecule has 19 heavy (non-hydrogen) atoms. The number of nitrogens with one attached hydrogen (secondary N) is 1. The zero-order chi connectivity index (χ0) is 13.6. The summed E-state index contributed by atoms with van der Waals surface area (Å²) in [6.45, 7) is 4.34. The lowest BCUT2D eigenvalue weighted by Crippen LogP contribution is -2.45. The van der Waals surface area contributed by atoms with E-state index in [-0.39, 0.29) is 5.60 Å². The quantitative estimate of drug-likeness (QED) is 0.729. The molecule has 1 aliphatic rings. The Bertz CT molecular complexity index is 371. The lowest BCUT2D eigenvalue weighted by molar-refractivity contribution is -0.0142. The minimum absolute atomic E-state index is 0.0648. The molecule has 1 aliphatic carbocycles. The lowest BCUT2D eigenvalue weighted by atomic mass is 9.77. The average molecular weight is 263 g/mol. The Labute approximate surface area is 116 Å². The van der Waals surface area contributed by atoms with Crippen molar-refractivity contribution in [1.82, 2.24) is 5.32 Å². The van der Waals surface area contributed by atoms with Crippen molar-refractivity contribution in [2.24, 2.45) is 0 Å². The number of hydrogen-bond acceptors (Lipinski definition) is 3. The van der Waals surface area contributed by atoms with Crippen molar-refractivity contribution in [3.05, 3.63) is 24.3 Å². The van der Waals surface area contributed by atoms with Crippen LogP contribution in [0.4, 0.5) is 0 Å². The molecule has 2 rings (SSSR count). The molecule has 0 heterocycles. The van der Waals surface area contributed by atoms with Gasteiger partial charge >= 0.3 is 0 Å². The summed E-state index contributed by atoms with van der Waals surface area (Å²) in [7, 11) is 1.68. The fraction of sp³-hybridized carbons (Fsp3) is 0.625. The van der Waals surface area contributed by atoms with E-state index >= 15 is 0 Å². The van der Waals surface area contributed by atoms with Gasteiger partial charge in [-0.2, -0.15) is 0 Å². The van der Waals surface area contributed by atoms with Crippen molar-refractivity contribution < 1.29 is 9.47 Å². The van der Waals surface area contributed by atoms with Crippen LogP contribution in [0.25, 0.3) is 0 Å². The first-order valence-electron chi connectivity index (χ1n) is 7.32. The smallest absolute Gasteiger partial charge is 0.120 e. The summed E-state index contributed by atoms with van der Waals surface area (Å²) in [5, 5.41) is 3.46. The van der Waals surface area contributed by atoms with Crippen LogP contribution in [-0.2, 0) is 0 Å². The molecule has 0 atom stereocenters. The van der Waals surface area contributed by atoms with Crippen LogP contribution in [0.3, 0.4) is 0 Å². The molecule has 1 saturated carbocycles. The highest BCUT2D eigenvalue weighted by molar-refractivity contribution is 5.31. The molecule has 0 saturated heterocycles. The van der Waals surface area contributed by atoms with E-state index < -0.39 is 0 Å². The summed E-state index contributed by atoms with van der Waals surface area (Å²) in [5.74, 6) is 1.83. The maximum absolute atomic E-state index is 6.22. The molecular formula is C16H25NO2. The van der Waals surface area contributed by atoms with Crippen molar-refractivity contribution in [1.29, 1.82) is 0 Å². The van der Waals surface area contributed by atoms with Crippen LogP contribution >= 0.6 is 0 Å². The third-order valence-electron chi connectivity index (χ3n) is 3.84. The van der Waals surface area contributed by atoms with Gasteiger partial charge in [0.2, 0.25) is 0 Å². The Morgan fingerprint density at radius 1 is 1.11 bits per heavy atom. The lowest BCUT2D eigenvalue weighted by Gasteiger charge is -2.42. The van der Waals surface area contributed by atoms with Gasteiger partial charge in [-0.1, -0.05) is 6.92 Å². The Morgan fingerprint density at radius 2 is 1.79 bits per heavy atom. The van der Waals surface area contributed by atoms with Gasteiger partial charge in [0.05, 0.1) is 7.11 Å². The first kappa shape index (κ1) is 14.2. The topological polar surface area (TPSA) is 30.5 Å². The van der Waals surface area contributed by atoms with Gasteiger partial charge in [0.15, 0.2) is 0 Å². The second kappa shape index (κ2) is 6.80. The normalized spacial score (nSPS) is 16.7. The molecule has 0 aliphatic heterocycles. The van der Waals surface area contributed by atoms with Crippen LogP contribution in [0.15, 0.2) is 24.3 Å². The highest BCUT2D eigenvalue weighted by atomic mass is 16.5. The Hall–Kier alpha value is -1.22. The fourth-order valence-electron chi connectivity index (χ4n) is 2.49. The van der Waals surface area contributed by atoms with Crippen LogP contribution < -0.4 is 14.8 Å². The second-order valence-electron chi connectivity index (χ2n) is 5.31. The molecule has 1 fully saturated rings. The molecule has 1 aromatic carbocycles. The summed E-state index contributed by atoms with van der Waals surface area (Å²) < 4.78 is 11.4. The molecule has 1 aromatic rings. The van der Waals surface area contributed by atoms with Gasteiger partial charge in [0, 0.05) is 0 Å². The van der Waals surface area contributed by atoms with E-state index in [9.17, 15) is 0 Å². The van der Waals surface area contributed by atoms with Crippen LogP contribution in [0, 0.1) is 0 Å². The summed E-state index contributed by atoms with van der Waals surface area (Å²) in [4.78, 5) is 0. The number of methoxy groups -OCH3 is 1. The maximum atomic E-state index is 6.22. The van der Waals surface area contributed by atoms with Crippen LogP contribution in [0.1, 0.15) is 39.0 Å². The zero-order valence-electron chi connectivity index (χ0n) is 12.1. The standard InChI is InChI=1S/C16H25NO2/c1-3-12-17-13-11-16(9-4-10-16)19-15-7-5-14(18-2)6-8-15/h5-8,17H,3-4,9-13H2,1-2H3. The first-order valence-corrected chi connectivity index (χ1v) is 7.32. The van der Waals surface area contributed by atoms with E-state index in [2.05, 4.69) is 12.2 Å². The first-order chi connectivity index (χ1) is 9.28. The summed E-state index contributed by atoms with van der Waals surface area (Å²) in [6, 6.07) is 7.91. The predicted octanol–water partition coefficient (Wildman–Crippen LogP) is 3.39. The second-order valence-corrected chi connectivity index (χ2v) is 5.31. The Balaban J connectivity index is 1.86. The molecule has 3 heteroatoms. The van der Waals surface area contributed by atoms with E-state index in [0.29, 0.717) is 0 Å². The van der Waals surface area contributed by atoms with Crippen LogP contribution in [-0.4, -0.2) is 25.8 Å². The minimum Gasteiger partial charge on any atom is -0.497 e. The SMILES string of the molecule is CCCNCCC1(Oc2ccc(OC)cc2)CCC1. The molecule has 0 bridgehead atoms. The molecule has 3 nitrogen and oxygen atoms in total. The van der Waals surface area contributed by atoms with Crippen molar-refractivity contribution in [2.45, 2.75) is 44.6 Å². The molecule has 106 valence electrons. The molecule has 0 amide bonds. The third-order valence-corrected chi connectivity index (χ3v) is 3.84. The maximum Gasteiger partial charge on any atom is 0.120 e. The summed E-state index contributed by atoms with van der Waals surface area (Å²) in [5.41, 5.74) is 0.0648. The van der Waals surface area contributed by atoms with Crippen molar-refractivity contribution >= 4 is 0 Å². The molecular weight excluding hydrogens is 238 g/mol. The van der Waals surface area contributed by atoms with Crippen LogP contribution in [0.2, 0.25) is 0 Å². The van der Waals surface area contributed by atoms with Gasteiger partial charge in [-0.05, 0) is 69.5 Å². The number of benzene rings is 1. The predicted molar refractivity (Wildman–Crippen MR) is 78.0 cm³/mol. The molecule has 1 N–H and O–H groups in total. The highest BCUT2D eigenvalue weighted by Gasteiger charge is 2.38. The Morgan fingerprint density at radius 3 is 2.32 bits per heavy atom. The number of ether oxygens (including phenoxy) is 2. The number of rotatable bonds is 8. The number of hydrogen-bond donors (Lipinski definition) is 1. The minimum atomic E-state index is 0.0648. The van der Waals surface area contributed by atoms with Gasteiger partial charge in [0.1, 0.15) is 17.1 Å². The van der Waals surface area contributed by atoms with Crippen LogP contribution in [0.5, 0.6) is 11.5 Å². The zero-order valence-corrected chi connectivity index (χ0v) is 12.1. The third kappa shape index (κ3) is 3.87. The summed E-state index contributed by atoms with van der Waals surface area (Å²) in [6.07, 6.45) is 5.91. The Kier molecular flexibility index (Phi) is 5.08. The molecule has 0 unspecified atom stereocenters. The van der Waals surface area contributed by atoms with Gasteiger partial charge in [0.25, 0.3) is 0 Å². The van der Waals surface area contributed by atoms with Gasteiger partial charge < -0.3 is 14.8 Å².